The number of rotatable bonds is 11. The van der Waals surface area contributed by atoms with Gasteiger partial charge in [-0.1, -0.05) is 0 Å². The van der Waals surface area contributed by atoms with Gasteiger partial charge in [0.05, 0.1) is 12.3 Å². The lowest BCUT2D eigenvalue weighted by molar-refractivity contribution is -0.274. The molecule has 2 aromatic carbocycles. The number of ether oxygens (including phenoxy) is 3. The van der Waals surface area contributed by atoms with Crippen LogP contribution in [0, 0.1) is 13.8 Å². The summed E-state index contributed by atoms with van der Waals surface area (Å²) >= 11 is 1.44. The van der Waals surface area contributed by atoms with Crippen LogP contribution in [-0.4, -0.2) is 48.2 Å². The molecule has 1 heterocycles. The van der Waals surface area contributed by atoms with Gasteiger partial charge in [0.2, 0.25) is 0 Å². The third-order valence-electron chi connectivity index (χ3n) is 5.45. The first kappa shape index (κ1) is 28.1. The average Bonchev–Trinajstić information content (AvgIpc) is 3.29. The Hall–Kier alpha value is -3.47. The van der Waals surface area contributed by atoms with Crippen molar-refractivity contribution in [3.05, 3.63) is 52.9 Å². The highest BCUT2D eigenvalue weighted by Gasteiger charge is 2.31. The number of aliphatic carboxylic acids is 1. The summed E-state index contributed by atoms with van der Waals surface area (Å²) in [6.45, 7) is 7.85. The van der Waals surface area contributed by atoms with E-state index in [-0.39, 0.29) is 5.75 Å². The Kier molecular flexibility index (Phi) is 8.57. The van der Waals surface area contributed by atoms with Gasteiger partial charge in [0.25, 0.3) is 0 Å². The van der Waals surface area contributed by atoms with E-state index in [0.29, 0.717) is 35.9 Å². The monoisotopic (exact) mass is 538 g/mol. The lowest BCUT2D eigenvalue weighted by Crippen LogP contribution is -2.38. The topological polar surface area (TPSA) is 81.1 Å². The van der Waals surface area contributed by atoms with Crippen LogP contribution in [0.3, 0.4) is 0 Å². The number of nitrogens with zero attached hydrogens (tertiary/aromatic N) is 2. The molecule has 0 radical (unpaired) electrons. The summed E-state index contributed by atoms with van der Waals surface area (Å²) in [5, 5.41) is 11.9. The summed E-state index contributed by atoms with van der Waals surface area (Å²) in [6, 6.07) is 9.22. The Morgan fingerprint density at radius 2 is 1.68 bits per heavy atom. The molecule has 0 saturated heterocycles. The second-order valence-corrected chi connectivity index (χ2v) is 9.85. The summed E-state index contributed by atoms with van der Waals surface area (Å²) in [6.07, 6.45) is -4.01. The van der Waals surface area contributed by atoms with Crippen molar-refractivity contribution in [1.82, 2.24) is 4.98 Å². The van der Waals surface area contributed by atoms with E-state index in [4.69, 9.17) is 9.47 Å². The molecule has 37 heavy (non-hydrogen) atoms. The molecule has 0 fully saturated rings. The Morgan fingerprint density at radius 1 is 1.05 bits per heavy atom. The molecule has 200 valence electrons. The first-order chi connectivity index (χ1) is 17.2. The first-order valence-electron chi connectivity index (χ1n) is 11.4. The highest BCUT2D eigenvalue weighted by atomic mass is 32.1. The zero-order valence-corrected chi connectivity index (χ0v) is 22.0. The Bertz CT molecular complexity index is 1230. The minimum absolute atomic E-state index is 0.277. The molecule has 0 saturated carbocycles. The van der Waals surface area contributed by atoms with E-state index >= 15 is 0 Å². The summed E-state index contributed by atoms with van der Waals surface area (Å²) in [4.78, 5) is 17.9. The number of halogens is 3. The molecule has 0 atom stereocenters. The fourth-order valence-corrected chi connectivity index (χ4v) is 4.15. The molecule has 0 unspecified atom stereocenters. The van der Waals surface area contributed by atoms with Gasteiger partial charge in [0.1, 0.15) is 17.2 Å². The highest BCUT2D eigenvalue weighted by Crippen LogP contribution is 2.32. The van der Waals surface area contributed by atoms with Crippen LogP contribution in [0.25, 0.3) is 11.3 Å². The normalized spacial score (nSPS) is 11.8. The van der Waals surface area contributed by atoms with Crippen LogP contribution in [0.2, 0.25) is 0 Å². The molecule has 3 aromatic rings. The molecule has 1 aromatic heterocycles. The number of benzene rings is 2. The quantitative estimate of drug-likeness (QED) is 0.280. The van der Waals surface area contributed by atoms with Crippen LogP contribution < -0.4 is 19.1 Å². The standard InChI is InChI=1S/C26H29F3N2O5S/c1-16-14-22(36-25(3,4)23(32)33)17(2)13-21(16)34-12-6-11-31(5)24-30-20(15-37-24)18-7-9-19(10-8-18)35-26(27,28)29/h7-10,13-15H,6,11-12H2,1-5H3,(H,32,33). The van der Waals surface area contributed by atoms with Crippen molar-refractivity contribution in [3.8, 4) is 28.5 Å². The molecular weight excluding hydrogens is 509 g/mol. The largest absolute Gasteiger partial charge is 0.573 e. The summed E-state index contributed by atoms with van der Waals surface area (Å²) < 4.78 is 52.6. The maximum absolute atomic E-state index is 12.3. The van der Waals surface area contributed by atoms with Gasteiger partial charge < -0.3 is 24.2 Å². The van der Waals surface area contributed by atoms with E-state index in [1.165, 1.54) is 49.4 Å². The number of alkyl halides is 3. The lowest BCUT2D eigenvalue weighted by atomic mass is 10.1. The fourth-order valence-electron chi connectivity index (χ4n) is 3.33. The Morgan fingerprint density at radius 3 is 2.30 bits per heavy atom. The van der Waals surface area contributed by atoms with Crippen LogP contribution in [0.5, 0.6) is 17.2 Å². The van der Waals surface area contributed by atoms with Crippen molar-refractivity contribution < 1.29 is 37.3 Å². The van der Waals surface area contributed by atoms with E-state index in [9.17, 15) is 23.1 Å². The molecule has 0 aliphatic carbocycles. The molecule has 0 aliphatic heterocycles. The van der Waals surface area contributed by atoms with Crippen molar-refractivity contribution in [2.45, 2.75) is 46.1 Å². The number of hydrogen-bond acceptors (Lipinski definition) is 7. The summed E-state index contributed by atoms with van der Waals surface area (Å²) in [5.74, 6) is -0.121. The maximum Gasteiger partial charge on any atom is 0.573 e. The predicted molar refractivity (Wildman–Crippen MR) is 136 cm³/mol. The SMILES string of the molecule is Cc1cc(OC(C)(C)C(=O)O)c(C)cc1OCCCN(C)c1nc(-c2ccc(OC(F)(F)F)cc2)cs1. The smallest absolute Gasteiger partial charge is 0.493 e. The molecule has 0 aliphatic rings. The second-order valence-electron chi connectivity index (χ2n) is 9.01. The average molecular weight is 539 g/mol. The van der Waals surface area contributed by atoms with Crippen LogP contribution in [0.1, 0.15) is 31.4 Å². The molecule has 3 rings (SSSR count). The van der Waals surface area contributed by atoms with Gasteiger partial charge in [-0.3, -0.25) is 0 Å². The van der Waals surface area contributed by atoms with Crippen molar-refractivity contribution in [2.24, 2.45) is 0 Å². The van der Waals surface area contributed by atoms with E-state index in [2.05, 4.69) is 9.72 Å². The third kappa shape index (κ3) is 7.75. The van der Waals surface area contributed by atoms with Crippen LogP contribution in [-0.2, 0) is 4.79 Å². The van der Waals surface area contributed by atoms with Crippen LogP contribution >= 0.6 is 11.3 Å². The van der Waals surface area contributed by atoms with E-state index in [1.807, 2.05) is 37.2 Å². The van der Waals surface area contributed by atoms with E-state index < -0.39 is 17.9 Å². The Balaban J connectivity index is 1.52. The van der Waals surface area contributed by atoms with Crippen LogP contribution in [0.4, 0.5) is 18.3 Å². The minimum atomic E-state index is -4.73. The number of aryl methyl sites for hydroxylation is 2. The number of hydrogen-bond donors (Lipinski definition) is 1. The van der Waals surface area contributed by atoms with Gasteiger partial charge in [-0.15, -0.1) is 24.5 Å². The zero-order chi connectivity index (χ0) is 27.4. The van der Waals surface area contributed by atoms with Crippen LogP contribution in [0.15, 0.2) is 41.8 Å². The first-order valence-corrected chi connectivity index (χ1v) is 12.3. The number of carboxylic acids is 1. The second kappa shape index (κ2) is 11.3. The molecule has 11 heteroatoms. The minimum Gasteiger partial charge on any atom is -0.493 e. The summed E-state index contributed by atoms with van der Waals surface area (Å²) in [5.41, 5.74) is 1.64. The maximum atomic E-state index is 12.3. The van der Waals surface area contributed by atoms with E-state index in [1.54, 1.807) is 6.07 Å². The fraction of sp³-hybridized carbons (Fsp3) is 0.385. The number of aromatic nitrogens is 1. The number of carbonyl (C=O) groups is 1. The van der Waals surface area contributed by atoms with Crippen molar-refractivity contribution in [1.29, 1.82) is 0 Å². The van der Waals surface area contributed by atoms with Gasteiger partial charge in [-0.25, -0.2) is 9.78 Å². The number of thiazole rings is 1. The van der Waals surface area contributed by atoms with Gasteiger partial charge in [0, 0.05) is 24.5 Å². The number of anilines is 1. The van der Waals surface area contributed by atoms with Gasteiger partial charge in [-0.05, 0) is 81.6 Å². The Labute approximate surface area is 217 Å². The lowest BCUT2D eigenvalue weighted by Gasteiger charge is -2.23. The molecule has 0 bridgehead atoms. The molecular formula is C26H29F3N2O5S. The molecule has 1 N–H and O–H groups in total. The van der Waals surface area contributed by atoms with E-state index in [0.717, 1.165) is 22.7 Å². The number of carboxylic acid groups (broad SMARTS) is 1. The molecule has 7 nitrogen and oxygen atoms in total. The van der Waals surface area contributed by atoms with Crippen molar-refractivity contribution in [3.63, 3.8) is 0 Å². The zero-order valence-electron chi connectivity index (χ0n) is 21.2. The third-order valence-corrected chi connectivity index (χ3v) is 6.41. The molecule has 0 spiro atoms. The highest BCUT2D eigenvalue weighted by molar-refractivity contribution is 7.14. The molecule has 0 amide bonds. The van der Waals surface area contributed by atoms with Crippen molar-refractivity contribution >= 4 is 22.4 Å². The van der Waals surface area contributed by atoms with Gasteiger partial charge >= 0.3 is 12.3 Å². The van der Waals surface area contributed by atoms with Crippen molar-refractivity contribution in [2.75, 3.05) is 25.1 Å². The van der Waals surface area contributed by atoms with Gasteiger partial charge in [-0.2, -0.15) is 0 Å². The predicted octanol–water partition coefficient (Wildman–Crippen LogP) is 6.47. The van der Waals surface area contributed by atoms with Gasteiger partial charge in [0.15, 0.2) is 10.7 Å². The summed E-state index contributed by atoms with van der Waals surface area (Å²) in [7, 11) is 1.91.